The van der Waals surface area contributed by atoms with Gasteiger partial charge in [-0.2, -0.15) is 5.10 Å². The number of unbranched alkanes of at least 4 members (excludes halogenated alkanes) is 2. The molecule has 0 saturated carbocycles. The van der Waals surface area contributed by atoms with Crippen molar-refractivity contribution in [3.63, 3.8) is 0 Å². The second kappa shape index (κ2) is 37.4. The lowest BCUT2D eigenvalue weighted by Crippen LogP contribution is -2.55. The summed E-state index contributed by atoms with van der Waals surface area (Å²) in [6.07, 6.45) is 0.706. The Labute approximate surface area is 465 Å². The number of aromatic nitrogens is 4. The normalized spacial score (nSPS) is 13.7. The van der Waals surface area contributed by atoms with Crippen LogP contribution in [0.1, 0.15) is 92.9 Å². The number of alkyl halides is 1. The number of nitrogens with zero attached hydrogens (tertiary/aromatic N) is 3. The van der Waals surface area contributed by atoms with Gasteiger partial charge in [0.25, 0.3) is 5.91 Å². The summed E-state index contributed by atoms with van der Waals surface area (Å²) in [5.41, 5.74) is 10.0. The summed E-state index contributed by atoms with van der Waals surface area (Å²) in [5, 5.41) is 64.8. The number of anilines is 1. The fourth-order valence-corrected chi connectivity index (χ4v) is 7.17. The molecular formula is C50H75FN16O14. The van der Waals surface area contributed by atoms with Crippen LogP contribution in [0.4, 0.5) is 10.1 Å². The summed E-state index contributed by atoms with van der Waals surface area (Å²) in [7, 11) is 0. The number of aromatic amines is 2. The Balaban J connectivity index is 1.48. The maximum Gasteiger partial charge on any atom is 0.251 e. The molecule has 0 radical (unpaired) electrons. The van der Waals surface area contributed by atoms with E-state index in [1.54, 1.807) is 12.4 Å². The summed E-state index contributed by atoms with van der Waals surface area (Å²) in [5.74, 6) is -5.85. The number of carbonyl (C=O) groups is 10. The number of H-pyrrole nitrogens is 2. The molecule has 81 heavy (non-hydrogen) atoms. The summed E-state index contributed by atoms with van der Waals surface area (Å²) in [6.45, 7) is 0.700. The number of nitrogens with one attached hydrogen (secondary N) is 12. The number of halogens is 1. The number of imidazole rings is 2. The molecule has 446 valence electrons. The van der Waals surface area contributed by atoms with E-state index in [0.29, 0.717) is 51.4 Å². The zero-order valence-electron chi connectivity index (χ0n) is 44.8. The predicted molar refractivity (Wildman–Crippen MR) is 287 cm³/mol. The molecule has 0 spiro atoms. The molecule has 2 aromatic heterocycles. The standard InChI is InChI=1S/C50H75FN16O14/c1-30(48(79)65-36(47(52)78)6-2-4-18-55-43(74)25-59-41(72)14-12-39(70)57-20-16-33-22-53-28-61-33)64-50(81)37(66-49(80)31-8-10-32(11-9-31)67-63-24-35(51)45(76)46(77)38(69)27-68)7-3-5-19-56-44(75)26-60-42(73)15-13-40(71)58-21-17-34-23-54-29-62-34/h8-11,22-24,28-30,35-38,45-46,67-69,76-77H,2-7,12-21,25-27H2,1H3,(H2,52,78)(H,53,61)(H,54,62)(H,55,74)(H,56,75)(H,57,70)(H,58,71)(H,59,72)(H,60,73)(H,64,81)(H,65,79)(H,66,80)/b63-24+. The van der Waals surface area contributed by atoms with Gasteiger partial charge in [0, 0.05) is 94.0 Å². The molecule has 0 fully saturated rings. The molecule has 3 rings (SSSR count). The molecular weight excluding hydrogens is 1070 g/mol. The van der Waals surface area contributed by atoms with Crippen molar-refractivity contribution in [3.8, 4) is 0 Å². The number of aliphatic hydroxyl groups excluding tert-OH is 4. The number of primary amides is 1. The smallest absolute Gasteiger partial charge is 0.251 e. The van der Waals surface area contributed by atoms with Gasteiger partial charge in [0.1, 0.15) is 36.4 Å². The lowest BCUT2D eigenvalue weighted by atomic mass is 10.1. The molecule has 7 unspecified atom stereocenters. The Morgan fingerprint density at radius 1 is 0.617 bits per heavy atom. The Kier molecular flexibility index (Phi) is 30.9. The van der Waals surface area contributed by atoms with Crippen molar-refractivity contribution in [2.45, 2.75) is 127 Å². The van der Waals surface area contributed by atoms with Crippen LogP contribution in [0, 0.1) is 0 Å². The van der Waals surface area contributed by atoms with E-state index in [9.17, 15) is 67.7 Å². The predicted octanol–water partition coefficient (Wildman–Crippen LogP) is -4.40. The van der Waals surface area contributed by atoms with E-state index in [2.05, 4.69) is 78.3 Å². The first-order valence-corrected chi connectivity index (χ1v) is 26.2. The maximum absolute atomic E-state index is 14.3. The third kappa shape index (κ3) is 27.8. The molecule has 31 heteroatoms. The molecule has 3 aromatic rings. The molecule has 30 nitrogen and oxygen atoms in total. The number of nitrogens with two attached hydrogens (primary N) is 1. The minimum atomic E-state index is -2.25. The third-order valence-corrected chi connectivity index (χ3v) is 11.9. The number of benzene rings is 1. The second-order valence-corrected chi connectivity index (χ2v) is 18.5. The third-order valence-electron chi connectivity index (χ3n) is 11.9. The van der Waals surface area contributed by atoms with Crippen molar-refractivity contribution < 1.29 is 72.8 Å². The van der Waals surface area contributed by atoms with Crippen LogP contribution in [0.15, 0.2) is 54.4 Å². The molecule has 0 aliphatic rings. The van der Waals surface area contributed by atoms with Gasteiger partial charge >= 0.3 is 0 Å². The van der Waals surface area contributed by atoms with Crippen LogP contribution in [0.5, 0.6) is 0 Å². The fraction of sp³-hybridized carbons (Fsp3) is 0.540. The monoisotopic (exact) mass is 1140 g/mol. The van der Waals surface area contributed by atoms with E-state index in [1.165, 1.54) is 43.8 Å². The van der Waals surface area contributed by atoms with E-state index in [4.69, 9.17) is 10.8 Å². The van der Waals surface area contributed by atoms with Gasteiger partial charge in [0.15, 0.2) is 6.17 Å². The van der Waals surface area contributed by atoms with Crippen LogP contribution < -0.4 is 59.0 Å². The van der Waals surface area contributed by atoms with Gasteiger partial charge in [0.2, 0.25) is 53.2 Å². The first-order valence-electron chi connectivity index (χ1n) is 26.2. The van der Waals surface area contributed by atoms with E-state index in [-0.39, 0.29) is 94.2 Å². The molecule has 0 aliphatic carbocycles. The Morgan fingerprint density at radius 3 is 1.57 bits per heavy atom. The van der Waals surface area contributed by atoms with E-state index >= 15 is 0 Å². The van der Waals surface area contributed by atoms with Crippen LogP contribution >= 0.6 is 0 Å². The van der Waals surface area contributed by atoms with Gasteiger partial charge < -0.3 is 84.0 Å². The zero-order valence-corrected chi connectivity index (χ0v) is 44.8. The van der Waals surface area contributed by atoms with E-state index < -0.39 is 96.5 Å². The second-order valence-electron chi connectivity index (χ2n) is 18.5. The summed E-state index contributed by atoms with van der Waals surface area (Å²) in [4.78, 5) is 140. The molecule has 10 amide bonds. The molecule has 0 bridgehead atoms. The Morgan fingerprint density at radius 2 is 1.10 bits per heavy atom. The van der Waals surface area contributed by atoms with Gasteiger partial charge in [-0.1, -0.05) is 0 Å². The van der Waals surface area contributed by atoms with Gasteiger partial charge in [-0.25, -0.2) is 14.4 Å². The molecule has 1 aromatic carbocycles. The van der Waals surface area contributed by atoms with Crippen LogP contribution in [0.3, 0.4) is 0 Å². The van der Waals surface area contributed by atoms with Crippen LogP contribution in [-0.4, -0.2) is 194 Å². The van der Waals surface area contributed by atoms with Crippen molar-refractivity contribution in [2.75, 3.05) is 51.3 Å². The molecule has 0 saturated heterocycles. The first-order chi connectivity index (χ1) is 38.8. The van der Waals surface area contributed by atoms with Crippen molar-refractivity contribution in [3.05, 3.63) is 66.3 Å². The highest BCUT2D eigenvalue weighted by Gasteiger charge is 2.31. The van der Waals surface area contributed by atoms with Crippen LogP contribution in [0.25, 0.3) is 0 Å². The van der Waals surface area contributed by atoms with Crippen molar-refractivity contribution >= 4 is 71.0 Å². The molecule has 2 heterocycles. The fourth-order valence-electron chi connectivity index (χ4n) is 7.17. The van der Waals surface area contributed by atoms with Crippen LogP contribution in [0.2, 0.25) is 0 Å². The van der Waals surface area contributed by atoms with Gasteiger partial charge in [-0.05, 0) is 69.7 Å². The molecule has 7 atom stereocenters. The number of hydrogen-bond acceptors (Lipinski definition) is 18. The topological polar surface area (TPSA) is 468 Å². The van der Waals surface area contributed by atoms with Crippen molar-refractivity contribution in [2.24, 2.45) is 10.8 Å². The lowest BCUT2D eigenvalue weighted by molar-refractivity contribution is -0.131. The van der Waals surface area contributed by atoms with E-state index in [0.717, 1.165) is 11.4 Å². The number of rotatable bonds is 40. The Bertz CT molecular complexity index is 2490. The van der Waals surface area contributed by atoms with E-state index in [1.807, 2.05) is 0 Å². The highest BCUT2D eigenvalue weighted by atomic mass is 19.1. The number of amides is 10. The SMILES string of the molecule is CC(NC(=O)C(CCCCNC(=O)CNC(=O)CCC(=O)NCCc1cnc[nH]1)NC(=O)c1ccc(N/N=C/C(F)C(O)C(O)C(O)CO)cc1)C(=O)NC(CCCCNC(=O)CNC(=O)CCC(=O)NCCc1cnc[nH]1)C(N)=O. The van der Waals surface area contributed by atoms with Crippen molar-refractivity contribution in [1.29, 1.82) is 0 Å². The first kappa shape index (κ1) is 66.9. The summed E-state index contributed by atoms with van der Waals surface area (Å²) >= 11 is 0. The number of carbonyl (C=O) groups excluding carboxylic acids is 10. The minimum Gasteiger partial charge on any atom is -0.394 e. The largest absolute Gasteiger partial charge is 0.394 e. The highest BCUT2D eigenvalue weighted by Crippen LogP contribution is 2.13. The average molecular weight is 1140 g/mol. The number of hydrogen-bond donors (Lipinski definition) is 17. The number of hydrazone groups is 1. The maximum atomic E-state index is 14.3. The zero-order chi connectivity index (χ0) is 59.5. The van der Waals surface area contributed by atoms with Crippen molar-refractivity contribution in [1.82, 2.24) is 67.8 Å². The van der Waals surface area contributed by atoms with Gasteiger partial charge in [0.05, 0.1) is 44.3 Å². The quantitative estimate of drug-likeness (QED) is 0.0145. The van der Waals surface area contributed by atoms with Gasteiger partial charge in [-0.15, -0.1) is 0 Å². The van der Waals surface area contributed by atoms with Gasteiger partial charge in [-0.3, -0.25) is 53.4 Å². The molecule has 0 aliphatic heterocycles. The Hall–Kier alpha value is -8.42. The summed E-state index contributed by atoms with van der Waals surface area (Å²) in [6, 6.07) is 1.75. The summed E-state index contributed by atoms with van der Waals surface area (Å²) < 4.78 is 14.3. The highest BCUT2D eigenvalue weighted by molar-refractivity contribution is 5.99. The lowest BCUT2D eigenvalue weighted by Gasteiger charge is -2.23. The average Bonchev–Trinajstić information content (AvgIpc) is 4.19. The molecule has 18 N–H and O–H groups in total. The minimum absolute atomic E-state index is 0.00302. The number of aliphatic hydroxyl groups is 4. The van der Waals surface area contributed by atoms with Crippen LogP contribution in [-0.2, 0) is 56.0 Å².